The number of phenols is 1. The molecule has 0 fully saturated rings. The third-order valence-corrected chi connectivity index (χ3v) is 4.34. The summed E-state index contributed by atoms with van der Waals surface area (Å²) in [6.45, 7) is 4.00. The number of nitrogens with zero attached hydrogens (tertiary/aromatic N) is 1. The Kier molecular flexibility index (Phi) is 4.49. The predicted molar refractivity (Wildman–Crippen MR) is 101 cm³/mol. The number of nitrogens with one attached hydrogen (secondary N) is 1. The summed E-state index contributed by atoms with van der Waals surface area (Å²) in [4.78, 5) is 3.21. The van der Waals surface area contributed by atoms with E-state index in [1.807, 2.05) is 44.3 Å². The maximum Gasteiger partial charge on any atom is 0.161 e. The highest BCUT2D eigenvalue weighted by atomic mass is 16.5. The van der Waals surface area contributed by atoms with Gasteiger partial charge in [-0.25, -0.2) is 0 Å². The van der Waals surface area contributed by atoms with Crippen molar-refractivity contribution in [1.82, 2.24) is 4.98 Å². The molecule has 0 aliphatic carbocycles. The van der Waals surface area contributed by atoms with Gasteiger partial charge >= 0.3 is 0 Å². The molecule has 0 saturated carbocycles. The van der Waals surface area contributed by atoms with Crippen LogP contribution in [0.25, 0.3) is 22.6 Å². The zero-order valence-electron chi connectivity index (χ0n) is 14.6. The van der Waals surface area contributed by atoms with E-state index in [1.54, 1.807) is 6.07 Å². The van der Waals surface area contributed by atoms with Crippen LogP contribution in [0.2, 0.25) is 0 Å². The average Bonchev–Trinajstić information content (AvgIpc) is 3.03. The van der Waals surface area contributed by atoms with Crippen molar-refractivity contribution >= 4 is 22.6 Å². The Morgan fingerprint density at radius 2 is 2.12 bits per heavy atom. The van der Waals surface area contributed by atoms with E-state index in [9.17, 15) is 10.4 Å². The average molecular weight is 332 g/mol. The Bertz CT molecular complexity index is 981. The molecule has 4 nitrogen and oxygen atoms in total. The first-order valence-corrected chi connectivity index (χ1v) is 8.17. The Balaban J connectivity index is 2.15. The summed E-state index contributed by atoms with van der Waals surface area (Å²) in [5.41, 5.74) is 5.19. The fourth-order valence-corrected chi connectivity index (χ4v) is 2.99. The predicted octanol–water partition coefficient (Wildman–Crippen LogP) is 4.82. The van der Waals surface area contributed by atoms with Crippen LogP contribution in [0, 0.1) is 18.3 Å². The van der Waals surface area contributed by atoms with Crippen LogP contribution in [0.3, 0.4) is 0 Å². The number of aromatic nitrogens is 1. The van der Waals surface area contributed by atoms with Gasteiger partial charge in [0, 0.05) is 22.7 Å². The zero-order valence-corrected chi connectivity index (χ0v) is 14.6. The second kappa shape index (κ2) is 6.74. The maximum atomic E-state index is 10.1. The molecule has 126 valence electrons. The molecule has 0 amide bonds. The number of phenolic OH excluding ortho intramolecular Hbond substituents is 1. The molecule has 0 spiro atoms. The Hall–Kier alpha value is -3.19. The fraction of sp³-hybridized carbons (Fsp3) is 0.190. The van der Waals surface area contributed by atoms with Gasteiger partial charge in [-0.2, -0.15) is 5.26 Å². The SMILES string of the molecule is CCc1cc(C=C(C#N)c2c[nH]c3ccc(C)cc23)cc(OC)c1O. The highest BCUT2D eigenvalue weighted by molar-refractivity contribution is 6.01. The van der Waals surface area contributed by atoms with Gasteiger partial charge in [-0.05, 0) is 54.8 Å². The lowest BCUT2D eigenvalue weighted by Crippen LogP contribution is -1.91. The maximum absolute atomic E-state index is 10.1. The van der Waals surface area contributed by atoms with Crippen LogP contribution in [0.1, 0.15) is 29.2 Å². The lowest BCUT2D eigenvalue weighted by Gasteiger charge is -2.09. The third-order valence-electron chi connectivity index (χ3n) is 4.34. The van der Waals surface area contributed by atoms with Gasteiger partial charge in [0.15, 0.2) is 11.5 Å². The minimum Gasteiger partial charge on any atom is -0.504 e. The Labute approximate surface area is 147 Å². The van der Waals surface area contributed by atoms with E-state index in [0.29, 0.717) is 17.7 Å². The Morgan fingerprint density at radius 3 is 2.80 bits per heavy atom. The fourth-order valence-electron chi connectivity index (χ4n) is 2.99. The van der Waals surface area contributed by atoms with E-state index in [-0.39, 0.29) is 5.75 Å². The van der Waals surface area contributed by atoms with Crippen LogP contribution >= 0.6 is 0 Å². The first kappa shape index (κ1) is 16.7. The number of aromatic amines is 1. The topological polar surface area (TPSA) is 69.0 Å². The minimum absolute atomic E-state index is 0.156. The molecule has 4 heteroatoms. The van der Waals surface area contributed by atoms with Crippen molar-refractivity contribution in [2.45, 2.75) is 20.3 Å². The zero-order chi connectivity index (χ0) is 18.0. The monoisotopic (exact) mass is 332 g/mol. The first-order chi connectivity index (χ1) is 12.1. The number of rotatable bonds is 4. The minimum atomic E-state index is 0.156. The first-order valence-electron chi connectivity index (χ1n) is 8.17. The van der Waals surface area contributed by atoms with Crippen molar-refractivity contribution in [2.75, 3.05) is 7.11 Å². The molecule has 2 N–H and O–H groups in total. The standard InChI is InChI=1S/C21H20N2O2/c1-4-15-8-14(10-20(25-3)21(15)24)9-16(11-22)18-12-23-19-6-5-13(2)7-17(18)19/h5-10,12,23-24H,4H2,1-3H3. The highest BCUT2D eigenvalue weighted by Gasteiger charge is 2.12. The summed E-state index contributed by atoms with van der Waals surface area (Å²) >= 11 is 0. The molecule has 0 atom stereocenters. The number of ether oxygens (including phenoxy) is 1. The lowest BCUT2D eigenvalue weighted by atomic mass is 10.00. The number of nitriles is 1. The molecule has 1 heterocycles. The van der Waals surface area contributed by atoms with Crippen molar-refractivity contribution in [3.8, 4) is 17.6 Å². The number of aromatic hydroxyl groups is 1. The smallest absolute Gasteiger partial charge is 0.161 e. The molecule has 25 heavy (non-hydrogen) atoms. The van der Waals surface area contributed by atoms with E-state index in [1.165, 1.54) is 7.11 Å². The van der Waals surface area contributed by atoms with Gasteiger partial charge in [0.05, 0.1) is 18.8 Å². The summed E-state index contributed by atoms with van der Waals surface area (Å²) in [6.07, 6.45) is 4.36. The third kappa shape index (κ3) is 3.09. The highest BCUT2D eigenvalue weighted by Crippen LogP contribution is 2.34. The number of hydrogen-bond acceptors (Lipinski definition) is 3. The number of benzene rings is 2. The molecule has 0 unspecified atom stereocenters. The summed E-state index contributed by atoms with van der Waals surface area (Å²) in [5, 5.41) is 20.8. The van der Waals surface area contributed by atoms with Gasteiger partial charge in [0.25, 0.3) is 0 Å². The van der Waals surface area contributed by atoms with Gasteiger partial charge in [0.2, 0.25) is 0 Å². The van der Waals surface area contributed by atoms with Gasteiger partial charge in [-0.1, -0.05) is 18.6 Å². The van der Waals surface area contributed by atoms with Crippen LogP contribution in [0.4, 0.5) is 0 Å². The largest absolute Gasteiger partial charge is 0.504 e. The second-order valence-corrected chi connectivity index (χ2v) is 6.01. The molecule has 0 radical (unpaired) electrons. The quantitative estimate of drug-likeness (QED) is 0.673. The summed E-state index contributed by atoms with van der Waals surface area (Å²) in [6, 6.07) is 12.0. The number of allylic oxidation sites excluding steroid dienone is 1. The number of H-pyrrole nitrogens is 1. The molecule has 1 aromatic heterocycles. The molecule has 3 rings (SSSR count). The number of aryl methyl sites for hydroxylation is 2. The normalized spacial score (nSPS) is 11.5. The van der Waals surface area contributed by atoms with E-state index >= 15 is 0 Å². The van der Waals surface area contributed by atoms with Gasteiger partial charge in [-0.3, -0.25) is 0 Å². The molecular formula is C21H20N2O2. The lowest BCUT2D eigenvalue weighted by molar-refractivity contribution is 0.371. The molecule has 0 aliphatic rings. The summed E-state index contributed by atoms with van der Waals surface area (Å²) in [5.74, 6) is 0.570. The molecule has 0 saturated heterocycles. The van der Waals surface area contributed by atoms with E-state index in [0.717, 1.165) is 33.2 Å². The van der Waals surface area contributed by atoms with Crippen molar-refractivity contribution < 1.29 is 9.84 Å². The van der Waals surface area contributed by atoms with E-state index < -0.39 is 0 Å². The molecule has 0 bridgehead atoms. The van der Waals surface area contributed by atoms with Crippen molar-refractivity contribution in [2.24, 2.45) is 0 Å². The molecule has 3 aromatic rings. The molecular weight excluding hydrogens is 312 g/mol. The van der Waals surface area contributed by atoms with Crippen LogP contribution in [0.15, 0.2) is 36.5 Å². The van der Waals surface area contributed by atoms with Crippen molar-refractivity contribution in [3.63, 3.8) is 0 Å². The second-order valence-electron chi connectivity index (χ2n) is 6.01. The van der Waals surface area contributed by atoms with E-state index in [2.05, 4.69) is 17.1 Å². The number of fused-ring (bicyclic) bond motifs is 1. The number of methoxy groups -OCH3 is 1. The molecule has 0 aliphatic heterocycles. The van der Waals surface area contributed by atoms with E-state index in [4.69, 9.17) is 4.74 Å². The van der Waals surface area contributed by atoms with Crippen LogP contribution in [0.5, 0.6) is 11.5 Å². The van der Waals surface area contributed by atoms with Gasteiger partial charge < -0.3 is 14.8 Å². The Morgan fingerprint density at radius 1 is 1.32 bits per heavy atom. The van der Waals surface area contributed by atoms with Crippen LogP contribution in [-0.2, 0) is 6.42 Å². The van der Waals surface area contributed by atoms with Crippen molar-refractivity contribution in [1.29, 1.82) is 5.26 Å². The van der Waals surface area contributed by atoms with Crippen LogP contribution in [-0.4, -0.2) is 17.2 Å². The van der Waals surface area contributed by atoms with Crippen molar-refractivity contribution in [3.05, 3.63) is 58.8 Å². The van der Waals surface area contributed by atoms with Gasteiger partial charge in [0.1, 0.15) is 0 Å². The molecule has 2 aromatic carbocycles. The number of hydrogen-bond donors (Lipinski definition) is 2. The van der Waals surface area contributed by atoms with Gasteiger partial charge in [-0.15, -0.1) is 0 Å². The summed E-state index contributed by atoms with van der Waals surface area (Å²) in [7, 11) is 1.52. The van der Waals surface area contributed by atoms with Crippen LogP contribution < -0.4 is 4.74 Å². The summed E-state index contributed by atoms with van der Waals surface area (Å²) < 4.78 is 5.25.